The number of β-amino-alcohol motifs (C(OH)–C–C–N with tert-alkyl or cyclic N) is 1. The van der Waals surface area contributed by atoms with Gasteiger partial charge in [-0.15, -0.1) is 0 Å². The maximum Gasteiger partial charge on any atom is 0.132 e. The quantitative estimate of drug-likeness (QED) is 0.912. The van der Waals surface area contributed by atoms with Gasteiger partial charge < -0.3 is 14.9 Å². The minimum Gasteiger partial charge on any atom is -0.395 e. The third-order valence-electron chi connectivity index (χ3n) is 4.61. The fraction of sp³-hybridized carbons (Fsp3) is 0.750. The van der Waals surface area contributed by atoms with Crippen molar-refractivity contribution in [2.24, 2.45) is 0 Å². The molecule has 0 saturated carbocycles. The summed E-state index contributed by atoms with van der Waals surface area (Å²) < 4.78 is 0. The third-order valence-corrected chi connectivity index (χ3v) is 4.61. The lowest BCUT2D eigenvalue weighted by atomic mass is 9.94. The van der Waals surface area contributed by atoms with Gasteiger partial charge in [0.15, 0.2) is 0 Å². The van der Waals surface area contributed by atoms with Gasteiger partial charge in [-0.2, -0.15) is 0 Å². The number of aromatic nitrogens is 2. The lowest BCUT2D eigenvalue weighted by molar-refractivity contribution is 0.160. The van der Waals surface area contributed by atoms with Crippen LogP contribution in [0.1, 0.15) is 43.1 Å². The highest BCUT2D eigenvalue weighted by molar-refractivity contribution is 5.41. The van der Waals surface area contributed by atoms with Gasteiger partial charge in [-0.3, -0.25) is 0 Å². The van der Waals surface area contributed by atoms with E-state index in [0.717, 1.165) is 44.4 Å². The fourth-order valence-corrected chi connectivity index (χ4v) is 3.53. The van der Waals surface area contributed by atoms with E-state index in [2.05, 4.69) is 20.9 Å². The summed E-state index contributed by atoms with van der Waals surface area (Å²) in [4.78, 5) is 14.1. The molecule has 5 heteroatoms. The van der Waals surface area contributed by atoms with Crippen molar-refractivity contribution < 1.29 is 5.11 Å². The Morgan fingerprint density at radius 1 is 1.19 bits per heavy atom. The molecule has 0 spiro atoms. The van der Waals surface area contributed by atoms with Crippen molar-refractivity contribution in [2.75, 3.05) is 44.2 Å². The Bertz CT molecular complexity index is 471. The lowest BCUT2D eigenvalue weighted by Gasteiger charge is -2.32. The van der Waals surface area contributed by atoms with Crippen LogP contribution in [0.2, 0.25) is 0 Å². The average Bonchev–Trinajstić information content (AvgIpc) is 3.01. The minimum atomic E-state index is 0.245. The number of hydrogen-bond acceptors (Lipinski definition) is 5. The van der Waals surface area contributed by atoms with Crippen molar-refractivity contribution in [3.63, 3.8) is 0 Å². The summed E-state index contributed by atoms with van der Waals surface area (Å²) in [5.74, 6) is 2.47. The van der Waals surface area contributed by atoms with E-state index >= 15 is 0 Å². The van der Waals surface area contributed by atoms with E-state index in [1.165, 1.54) is 31.4 Å². The molecule has 1 aromatic rings. The molecule has 0 aromatic carbocycles. The standard InChI is InChI=1S/C16H26N4O/c1-13-17-15(11-16(18-13)20-7-2-3-8-20)14-5-4-6-19(12-14)9-10-21/h11,14,21H,2-10,12H2,1H3/t14-/m0/s1. The topological polar surface area (TPSA) is 52.5 Å². The van der Waals surface area contributed by atoms with E-state index in [0.29, 0.717) is 5.92 Å². The summed E-state index contributed by atoms with van der Waals surface area (Å²) in [6.45, 7) is 7.37. The molecular formula is C16H26N4O. The highest BCUT2D eigenvalue weighted by Crippen LogP contribution is 2.28. The van der Waals surface area contributed by atoms with E-state index < -0.39 is 0 Å². The molecule has 2 aliphatic heterocycles. The first kappa shape index (κ1) is 14.7. The molecule has 3 heterocycles. The van der Waals surface area contributed by atoms with E-state index in [9.17, 15) is 0 Å². The second kappa shape index (κ2) is 6.71. The van der Waals surface area contributed by atoms with Crippen LogP contribution in [0, 0.1) is 6.92 Å². The van der Waals surface area contributed by atoms with Gasteiger partial charge in [-0.25, -0.2) is 9.97 Å². The Hall–Kier alpha value is -1.20. The van der Waals surface area contributed by atoms with Crippen LogP contribution in [0.3, 0.4) is 0 Å². The Kier molecular flexibility index (Phi) is 4.70. The molecule has 2 aliphatic rings. The zero-order valence-electron chi connectivity index (χ0n) is 13.0. The molecular weight excluding hydrogens is 264 g/mol. The molecule has 0 amide bonds. The van der Waals surface area contributed by atoms with Gasteiger partial charge in [0.1, 0.15) is 11.6 Å². The number of aliphatic hydroxyl groups is 1. The summed E-state index contributed by atoms with van der Waals surface area (Å²) >= 11 is 0. The number of hydrogen-bond donors (Lipinski definition) is 1. The van der Waals surface area contributed by atoms with Crippen LogP contribution in [-0.2, 0) is 0 Å². The normalized spacial score (nSPS) is 23.7. The molecule has 21 heavy (non-hydrogen) atoms. The summed E-state index contributed by atoms with van der Waals surface area (Å²) in [5, 5.41) is 9.13. The Labute approximate surface area is 127 Å². The third kappa shape index (κ3) is 3.52. The van der Waals surface area contributed by atoms with Crippen LogP contribution in [0.5, 0.6) is 0 Å². The van der Waals surface area contributed by atoms with Crippen molar-refractivity contribution in [1.29, 1.82) is 0 Å². The van der Waals surface area contributed by atoms with Crippen molar-refractivity contribution in [3.8, 4) is 0 Å². The van der Waals surface area contributed by atoms with Crippen LogP contribution in [0.4, 0.5) is 5.82 Å². The Balaban J connectivity index is 1.77. The SMILES string of the molecule is Cc1nc([C@H]2CCCN(CCO)C2)cc(N2CCCC2)n1. The molecule has 1 aromatic heterocycles. The number of rotatable bonds is 4. The highest BCUT2D eigenvalue weighted by atomic mass is 16.3. The van der Waals surface area contributed by atoms with Gasteiger partial charge in [0, 0.05) is 38.2 Å². The monoisotopic (exact) mass is 290 g/mol. The first-order valence-corrected chi connectivity index (χ1v) is 8.20. The van der Waals surface area contributed by atoms with Gasteiger partial charge in [-0.1, -0.05) is 0 Å². The Morgan fingerprint density at radius 3 is 2.76 bits per heavy atom. The molecule has 2 saturated heterocycles. The van der Waals surface area contributed by atoms with Crippen LogP contribution in [0.25, 0.3) is 0 Å². The predicted molar refractivity (Wildman–Crippen MR) is 83.7 cm³/mol. The number of nitrogens with zero attached hydrogens (tertiary/aromatic N) is 4. The molecule has 0 radical (unpaired) electrons. The number of aliphatic hydroxyl groups excluding tert-OH is 1. The predicted octanol–water partition coefficient (Wildman–Crippen LogP) is 1.56. The largest absolute Gasteiger partial charge is 0.395 e. The zero-order valence-corrected chi connectivity index (χ0v) is 13.0. The molecule has 5 nitrogen and oxygen atoms in total. The summed E-state index contributed by atoms with van der Waals surface area (Å²) in [6, 6.07) is 2.20. The van der Waals surface area contributed by atoms with Crippen molar-refractivity contribution in [1.82, 2.24) is 14.9 Å². The van der Waals surface area contributed by atoms with Crippen molar-refractivity contribution in [2.45, 2.75) is 38.5 Å². The fourth-order valence-electron chi connectivity index (χ4n) is 3.53. The zero-order chi connectivity index (χ0) is 14.7. The lowest BCUT2D eigenvalue weighted by Crippen LogP contribution is -2.36. The first-order valence-electron chi connectivity index (χ1n) is 8.20. The van der Waals surface area contributed by atoms with E-state index in [1.54, 1.807) is 0 Å². The second-order valence-electron chi connectivity index (χ2n) is 6.26. The first-order chi connectivity index (χ1) is 10.3. The van der Waals surface area contributed by atoms with Gasteiger partial charge >= 0.3 is 0 Å². The van der Waals surface area contributed by atoms with E-state index in [1.807, 2.05) is 6.92 Å². The van der Waals surface area contributed by atoms with Gasteiger partial charge in [0.05, 0.1) is 12.3 Å². The van der Waals surface area contributed by atoms with Crippen LogP contribution >= 0.6 is 0 Å². The minimum absolute atomic E-state index is 0.245. The van der Waals surface area contributed by atoms with Crippen LogP contribution < -0.4 is 4.90 Å². The number of piperidine rings is 1. The molecule has 1 N–H and O–H groups in total. The van der Waals surface area contributed by atoms with E-state index in [4.69, 9.17) is 10.1 Å². The van der Waals surface area contributed by atoms with Gasteiger partial charge in [-0.05, 0) is 39.2 Å². The molecule has 0 aliphatic carbocycles. The van der Waals surface area contributed by atoms with E-state index in [-0.39, 0.29) is 6.61 Å². The molecule has 2 fully saturated rings. The van der Waals surface area contributed by atoms with Gasteiger partial charge in [0.2, 0.25) is 0 Å². The maximum atomic E-state index is 9.13. The highest BCUT2D eigenvalue weighted by Gasteiger charge is 2.24. The van der Waals surface area contributed by atoms with Crippen molar-refractivity contribution in [3.05, 3.63) is 17.6 Å². The molecule has 3 rings (SSSR count). The molecule has 0 bridgehead atoms. The van der Waals surface area contributed by atoms with Crippen LogP contribution in [-0.4, -0.2) is 59.3 Å². The summed E-state index contributed by atoms with van der Waals surface area (Å²) in [7, 11) is 0. The number of likely N-dealkylation sites (tertiary alicyclic amines) is 1. The van der Waals surface area contributed by atoms with Crippen molar-refractivity contribution >= 4 is 5.82 Å². The smallest absolute Gasteiger partial charge is 0.132 e. The van der Waals surface area contributed by atoms with Gasteiger partial charge in [0.25, 0.3) is 0 Å². The second-order valence-corrected chi connectivity index (χ2v) is 6.26. The average molecular weight is 290 g/mol. The van der Waals surface area contributed by atoms with Crippen LogP contribution in [0.15, 0.2) is 6.07 Å². The maximum absolute atomic E-state index is 9.13. The molecule has 1 atom stereocenters. The number of anilines is 1. The summed E-state index contributed by atoms with van der Waals surface area (Å²) in [5.41, 5.74) is 1.19. The Morgan fingerprint density at radius 2 is 2.00 bits per heavy atom. The molecule has 116 valence electrons. The number of aryl methyl sites for hydroxylation is 1. The molecule has 0 unspecified atom stereocenters. The summed E-state index contributed by atoms with van der Waals surface area (Å²) in [6.07, 6.45) is 4.92.